The van der Waals surface area contributed by atoms with Crippen LogP contribution in [0.5, 0.6) is 0 Å². The first-order valence-electron chi connectivity index (χ1n) is 5.56. The minimum atomic E-state index is -0.861. The van der Waals surface area contributed by atoms with E-state index in [-0.39, 0.29) is 5.56 Å². The van der Waals surface area contributed by atoms with Crippen LogP contribution in [0.4, 0.5) is 10.1 Å². The fourth-order valence-electron chi connectivity index (χ4n) is 2.16. The Labute approximate surface area is 103 Å². The predicted molar refractivity (Wildman–Crippen MR) is 62.9 cm³/mol. The van der Waals surface area contributed by atoms with Gasteiger partial charge >= 0.3 is 5.97 Å². The molecule has 3 N–H and O–H groups in total. The van der Waals surface area contributed by atoms with Gasteiger partial charge in [0, 0.05) is 18.8 Å². The first kappa shape index (κ1) is 12.3. The lowest BCUT2D eigenvalue weighted by Gasteiger charge is -2.20. The van der Waals surface area contributed by atoms with E-state index in [9.17, 15) is 14.0 Å². The molecule has 1 saturated heterocycles. The minimum absolute atomic E-state index is 0.0843. The van der Waals surface area contributed by atoms with Crippen LogP contribution >= 0.6 is 0 Å². The Morgan fingerprint density at radius 3 is 2.72 bits per heavy atom. The lowest BCUT2D eigenvalue weighted by Crippen LogP contribution is -2.25. The zero-order chi connectivity index (χ0) is 13.3. The molecule has 0 bridgehead atoms. The maximum atomic E-state index is 13.1. The monoisotopic (exact) mass is 252 g/mol. The van der Waals surface area contributed by atoms with Crippen LogP contribution in [0.2, 0.25) is 0 Å². The van der Waals surface area contributed by atoms with Crippen molar-refractivity contribution in [3.63, 3.8) is 0 Å². The highest BCUT2D eigenvalue weighted by molar-refractivity contribution is 5.98. The van der Waals surface area contributed by atoms with Crippen molar-refractivity contribution in [3.05, 3.63) is 29.6 Å². The number of amides is 1. The summed E-state index contributed by atoms with van der Waals surface area (Å²) in [6, 6.07) is 3.77. The summed E-state index contributed by atoms with van der Waals surface area (Å²) in [5.74, 6) is -2.58. The SMILES string of the molecule is NC(=O)c1cc(F)ccc1N1CCC(C(=O)O)C1. The van der Waals surface area contributed by atoms with Gasteiger partial charge in [-0.05, 0) is 24.6 Å². The first-order valence-corrected chi connectivity index (χ1v) is 5.56. The van der Waals surface area contributed by atoms with Crippen LogP contribution in [-0.4, -0.2) is 30.1 Å². The molecule has 0 aliphatic carbocycles. The minimum Gasteiger partial charge on any atom is -0.481 e. The highest BCUT2D eigenvalue weighted by atomic mass is 19.1. The van der Waals surface area contributed by atoms with Gasteiger partial charge in [0.15, 0.2) is 0 Å². The van der Waals surface area contributed by atoms with Gasteiger partial charge in [-0.3, -0.25) is 9.59 Å². The quantitative estimate of drug-likeness (QED) is 0.834. The molecule has 0 spiro atoms. The number of carboxylic acids is 1. The number of carboxylic acid groups (broad SMARTS) is 1. The standard InChI is InChI=1S/C12H13FN2O3/c13-8-1-2-10(9(5-8)11(14)16)15-4-3-7(6-15)12(17)18/h1-2,5,7H,3-4,6H2,(H2,14,16)(H,17,18). The van der Waals surface area contributed by atoms with Gasteiger partial charge in [-0.25, -0.2) is 4.39 Å². The Bertz CT molecular complexity index is 504. The van der Waals surface area contributed by atoms with Crippen LogP contribution in [-0.2, 0) is 4.79 Å². The number of carbonyl (C=O) groups is 2. The molecule has 0 aromatic heterocycles. The van der Waals surface area contributed by atoms with E-state index in [1.165, 1.54) is 12.1 Å². The number of aliphatic carboxylic acids is 1. The molecule has 1 aliphatic rings. The molecule has 2 rings (SSSR count). The van der Waals surface area contributed by atoms with Crippen molar-refractivity contribution in [1.82, 2.24) is 0 Å². The molecule has 6 heteroatoms. The van der Waals surface area contributed by atoms with E-state index in [2.05, 4.69) is 0 Å². The van der Waals surface area contributed by atoms with E-state index in [0.717, 1.165) is 6.07 Å². The van der Waals surface area contributed by atoms with Crippen molar-refractivity contribution < 1.29 is 19.1 Å². The second-order valence-electron chi connectivity index (χ2n) is 4.30. The third-order valence-corrected chi connectivity index (χ3v) is 3.10. The summed E-state index contributed by atoms with van der Waals surface area (Å²) in [6.45, 7) is 0.824. The number of benzene rings is 1. The van der Waals surface area contributed by atoms with Crippen molar-refractivity contribution in [1.29, 1.82) is 0 Å². The number of primary amides is 1. The molecule has 1 aliphatic heterocycles. The molecule has 1 heterocycles. The number of hydrogen-bond acceptors (Lipinski definition) is 3. The molecular weight excluding hydrogens is 239 g/mol. The summed E-state index contributed by atoms with van der Waals surface area (Å²) in [4.78, 5) is 23.9. The number of carbonyl (C=O) groups excluding carboxylic acids is 1. The molecular formula is C12H13FN2O3. The van der Waals surface area contributed by atoms with Gasteiger partial charge in [-0.2, -0.15) is 0 Å². The summed E-state index contributed by atoms with van der Waals surface area (Å²) < 4.78 is 13.1. The highest BCUT2D eigenvalue weighted by Crippen LogP contribution is 2.27. The zero-order valence-electron chi connectivity index (χ0n) is 9.60. The van der Waals surface area contributed by atoms with Crippen LogP contribution in [0, 0.1) is 11.7 Å². The summed E-state index contributed by atoms with van der Waals surface area (Å²) in [6.07, 6.45) is 0.505. The Kier molecular flexibility index (Phi) is 3.18. The van der Waals surface area contributed by atoms with Crippen molar-refractivity contribution in [2.45, 2.75) is 6.42 Å². The second kappa shape index (κ2) is 4.64. The summed E-state index contributed by atoms with van der Waals surface area (Å²) in [5, 5.41) is 8.92. The van der Waals surface area contributed by atoms with Crippen LogP contribution in [0.25, 0.3) is 0 Å². The third kappa shape index (κ3) is 2.27. The van der Waals surface area contributed by atoms with E-state index in [4.69, 9.17) is 10.8 Å². The molecule has 1 amide bonds. The van der Waals surface area contributed by atoms with Gasteiger partial charge in [0.1, 0.15) is 5.82 Å². The Balaban J connectivity index is 2.29. The van der Waals surface area contributed by atoms with Gasteiger partial charge < -0.3 is 15.7 Å². The van der Waals surface area contributed by atoms with E-state index in [1.807, 2.05) is 0 Å². The van der Waals surface area contributed by atoms with Crippen LogP contribution in [0.3, 0.4) is 0 Å². The number of hydrogen-bond donors (Lipinski definition) is 2. The van der Waals surface area contributed by atoms with Crippen molar-refractivity contribution in [2.24, 2.45) is 11.7 Å². The van der Waals surface area contributed by atoms with E-state index < -0.39 is 23.6 Å². The Morgan fingerprint density at radius 1 is 1.44 bits per heavy atom. The van der Waals surface area contributed by atoms with Gasteiger partial charge in [0.2, 0.25) is 0 Å². The zero-order valence-corrected chi connectivity index (χ0v) is 9.60. The number of nitrogens with zero attached hydrogens (tertiary/aromatic N) is 1. The van der Waals surface area contributed by atoms with Crippen molar-refractivity contribution in [3.8, 4) is 0 Å². The fourth-order valence-corrected chi connectivity index (χ4v) is 2.16. The average molecular weight is 252 g/mol. The third-order valence-electron chi connectivity index (χ3n) is 3.10. The lowest BCUT2D eigenvalue weighted by molar-refractivity contribution is -0.140. The fraction of sp³-hybridized carbons (Fsp3) is 0.333. The normalized spacial score (nSPS) is 18.9. The molecule has 1 fully saturated rings. The van der Waals surface area contributed by atoms with Crippen LogP contribution in [0.1, 0.15) is 16.8 Å². The molecule has 1 unspecified atom stereocenters. The topological polar surface area (TPSA) is 83.6 Å². The highest BCUT2D eigenvalue weighted by Gasteiger charge is 2.29. The van der Waals surface area contributed by atoms with Gasteiger partial charge in [-0.15, -0.1) is 0 Å². The Morgan fingerprint density at radius 2 is 2.17 bits per heavy atom. The number of anilines is 1. The Hall–Kier alpha value is -2.11. The molecule has 18 heavy (non-hydrogen) atoms. The van der Waals surface area contributed by atoms with Gasteiger partial charge in [0.05, 0.1) is 11.5 Å². The molecule has 96 valence electrons. The second-order valence-corrected chi connectivity index (χ2v) is 4.30. The predicted octanol–water partition coefficient (Wildman–Crippen LogP) is 0.836. The number of halogens is 1. The molecule has 0 saturated carbocycles. The van der Waals surface area contributed by atoms with E-state index >= 15 is 0 Å². The van der Waals surface area contributed by atoms with Gasteiger partial charge in [-0.1, -0.05) is 0 Å². The molecule has 1 aromatic rings. The summed E-state index contributed by atoms with van der Waals surface area (Å²) in [5.41, 5.74) is 5.77. The molecule has 1 atom stereocenters. The average Bonchev–Trinajstić information content (AvgIpc) is 2.78. The first-order chi connectivity index (χ1) is 8.49. The maximum Gasteiger partial charge on any atom is 0.308 e. The van der Waals surface area contributed by atoms with Crippen molar-refractivity contribution >= 4 is 17.6 Å². The van der Waals surface area contributed by atoms with Crippen molar-refractivity contribution in [2.75, 3.05) is 18.0 Å². The molecule has 1 aromatic carbocycles. The maximum absolute atomic E-state index is 13.1. The van der Waals surface area contributed by atoms with E-state index in [0.29, 0.717) is 25.2 Å². The van der Waals surface area contributed by atoms with Crippen LogP contribution < -0.4 is 10.6 Å². The summed E-state index contributed by atoms with van der Waals surface area (Å²) >= 11 is 0. The smallest absolute Gasteiger partial charge is 0.308 e. The number of nitrogens with two attached hydrogens (primary N) is 1. The lowest BCUT2D eigenvalue weighted by atomic mass is 10.1. The largest absolute Gasteiger partial charge is 0.481 e. The molecule has 0 radical (unpaired) electrons. The van der Waals surface area contributed by atoms with Crippen LogP contribution in [0.15, 0.2) is 18.2 Å². The molecule has 5 nitrogen and oxygen atoms in total. The van der Waals surface area contributed by atoms with E-state index in [1.54, 1.807) is 4.90 Å². The number of rotatable bonds is 3. The van der Waals surface area contributed by atoms with Gasteiger partial charge in [0.25, 0.3) is 5.91 Å². The summed E-state index contributed by atoms with van der Waals surface area (Å²) in [7, 11) is 0.